The molecule has 180 valence electrons. The van der Waals surface area contributed by atoms with Gasteiger partial charge in [0.1, 0.15) is 11.3 Å². The van der Waals surface area contributed by atoms with Crippen LogP contribution >= 0.6 is 11.6 Å². The van der Waals surface area contributed by atoms with Crippen LogP contribution in [-0.4, -0.2) is 45.5 Å². The third-order valence-corrected chi connectivity index (χ3v) is 6.65. The Morgan fingerprint density at radius 3 is 2.54 bits per heavy atom. The fourth-order valence-electron chi connectivity index (χ4n) is 4.87. The molecular weight excluding hydrogens is 469 g/mol. The summed E-state index contributed by atoms with van der Waals surface area (Å²) in [6.07, 6.45) is 1.69. The van der Waals surface area contributed by atoms with E-state index in [0.717, 1.165) is 11.1 Å². The van der Waals surface area contributed by atoms with Gasteiger partial charge in [0, 0.05) is 29.2 Å². The van der Waals surface area contributed by atoms with Gasteiger partial charge >= 0.3 is 0 Å². The van der Waals surface area contributed by atoms with E-state index in [1.165, 1.54) is 16.6 Å². The summed E-state index contributed by atoms with van der Waals surface area (Å²) in [5, 5.41) is 8.23. The molecular formula is C26H25ClFN5O2. The highest BCUT2D eigenvalue weighted by Gasteiger charge is 2.44. The first-order valence-electron chi connectivity index (χ1n) is 11.4. The van der Waals surface area contributed by atoms with E-state index in [-0.39, 0.29) is 28.9 Å². The van der Waals surface area contributed by atoms with Gasteiger partial charge in [0.15, 0.2) is 5.69 Å². The van der Waals surface area contributed by atoms with Crippen LogP contribution in [0.25, 0.3) is 16.8 Å². The molecule has 0 spiro atoms. The van der Waals surface area contributed by atoms with Crippen LogP contribution in [0.5, 0.6) is 0 Å². The molecule has 1 amide bonds. The van der Waals surface area contributed by atoms with E-state index in [2.05, 4.69) is 20.3 Å². The molecule has 4 aromatic rings. The van der Waals surface area contributed by atoms with E-state index in [0.29, 0.717) is 34.9 Å². The lowest BCUT2D eigenvalue weighted by Crippen LogP contribution is -2.66. The zero-order chi connectivity index (χ0) is 24.9. The van der Waals surface area contributed by atoms with Crippen molar-refractivity contribution in [2.75, 3.05) is 20.1 Å². The van der Waals surface area contributed by atoms with Crippen molar-refractivity contribution in [1.82, 2.24) is 24.8 Å². The Hall–Kier alpha value is -3.49. The molecule has 2 aromatic heterocycles. The summed E-state index contributed by atoms with van der Waals surface area (Å²) in [6, 6.07) is 13.3. The molecule has 0 unspecified atom stereocenters. The Labute approximate surface area is 206 Å². The van der Waals surface area contributed by atoms with Gasteiger partial charge in [0.05, 0.1) is 17.4 Å². The molecule has 0 bridgehead atoms. The lowest BCUT2D eigenvalue weighted by Gasteiger charge is -2.49. The second-order valence-electron chi connectivity index (χ2n) is 9.43. The van der Waals surface area contributed by atoms with Crippen molar-refractivity contribution in [3.05, 3.63) is 92.7 Å². The monoisotopic (exact) mass is 493 g/mol. The van der Waals surface area contributed by atoms with E-state index in [1.54, 1.807) is 36.5 Å². The van der Waals surface area contributed by atoms with Crippen LogP contribution in [0.2, 0.25) is 5.02 Å². The van der Waals surface area contributed by atoms with E-state index in [1.807, 2.05) is 27.0 Å². The minimum Gasteiger partial charge on any atom is -0.338 e. The summed E-state index contributed by atoms with van der Waals surface area (Å²) in [6.45, 7) is 5.00. The van der Waals surface area contributed by atoms with Gasteiger partial charge in [0.2, 0.25) is 0 Å². The first-order valence-corrected chi connectivity index (χ1v) is 11.7. The molecule has 2 aromatic carbocycles. The van der Waals surface area contributed by atoms with Gasteiger partial charge in [0.25, 0.3) is 11.5 Å². The van der Waals surface area contributed by atoms with Crippen molar-refractivity contribution in [2.24, 2.45) is 0 Å². The third-order valence-electron chi connectivity index (χ3n) is 6.42. The number of amides is 1. The summed E-state index contributed by atoms with van der Waals surface area (Å²) < 4.78 is 15.0. The smallest absolute Gasteiger partial charge is 0.274 e. The van der Waals surface area contributed by atoms with Crippen LogP contribution in [0.1, 0.15) is 41.4 Å². The average Bonchev–Trinajstić information content (AvgIpc) is 3.19. The highest BCUT2D eigenvalue weighted by Crippen LogP contribution is 2.32. The highest BCUT2D eigenvalue weighted by molar-refractivity contribution is 6.30. The van der Waals surface area contributed by atoms with Crippen molar-refractivity contribution in [2.45, 2.75) is 25.3 Å². The molecule has 1 aliphatic heterocycles. The first-order chi connectivity index (χ1) is 16.7. The fraction of sp³-hybridized carbons (Fsp3) is 0.269. The Kier molecular flexibility index (Phi) is 5.73. The van der Waals surface area contributed by atoms with Crippen molar-refractivity contribution < 1.29 is 9.18 Å². The first kappa shape index (κ1) is 23.3. The van der Waals surface area contributed by atoms with Gasteiger partial charge in [-0.1, -0.05) is 49.7 Å². The third kappa shape index (κ3) is 4.13. The standard InChI is InChI=1S/C26H25ClFN5O2/c1-15(2)21-22(24(34)30-26(13-32(3)14-26)17-7-9-19(28)10-8-17)31-33-12-20(29-25(35)23(21)33)16-5-4-6-18(27)11-16/h4-12,15H,13-14H2,1-3H3,(H,29,35)(H,30,34). The molecule has 1 aliphatic rings. The average molecular weight is 494 g/mol. The fourth-order valence-corrected chi connectivity index (χ4v) is 5.07. The molecule has 35 heavy (non-hydrogen) atoms. The van der Waals surface area contributed by atoms with Gasteiger partial charge in [-0.3, -0.25) is 9.59 Å². The number of aromatic amines is 1. The highest BCUT2D eigenvalue weighted by atomic mass is 35.5. The van der Waals surface area contributed by atoms with Crippen molar-refractivity contribution in [3.8, 4) is 11.3 Å². The lowest BCUT2D eigenvalue weighted by atomic mass is 9.82. The largest absolute Gasteiger partial charge is 0.338 e. The number of hydrogen-bond acceptors (Lipinski definition) is 4. The number of nitrogens with one attached hydrogen (secondary N) is 2. The second kappa shape index (κ2) is 8.62. The quantitative estimate of drug-likeness (QED) is 0.437. The van der Waals surface area contributed by atoms with Crippen molar-refractivity contribution >= 4 is 23.0 Å². The summed E-state index contributed by atoms with van der Waals surface area (Å²) >= 11 is 6.12. The number of rotatable bonds is 5. The van der Waals surface area contributed by atoms with Crippen LogP contribution in [0.15, 0.2) is 59.5 Å². The van der Waals surface area contributed by atoms with Crippen LogP contribution in [0.3, 0.4) is 0 Å². The second-order valence-corrected chi connectivity index (χ2v) is 9.87. The van der Waals surface area contributed by atoms with Crippen molar-refractivity contribution in [1.29, 1.82) is 0 Å². The summed E-state index contributed by atoms with van der Waals surface area (Å²) in [5.74, 6) is -0.837. The lowest BCUT2D eigenvalue weighted by molar-refractivity contribution is 0.0507. The predicted octanol–water partition coefficient (Wildman–Crippen LogP) is 4.18. The van der Waals surface area contributed by atoms with Crippen LogP contribution in [0, 0.1) is 5.82 Å². The van der Waals surface area contributed by atoms with Crippen LogP contribution < -0.4 is 10.9 Å². The Morgan fingerprint density at radius 1 is 1.20 bits per heavy atom. The molecule has 0 saturated carbocycles. The molecule has 0 atom stereocenters. The molecule has 1 fully saturated rings. The molecule has 1 saturated heterocycles. The molecule has 0 radical (unpaired) electrons. The predicted molar refractivity (Wildman–Crippen MR) is 133 cm³/mol. The number of fused-ring (bicyclic) bond motifs is 1. The van der Waals surface area contributed by atoms with Gasteiger partial charge in [-0.25, -0.2) is 8.91 Å². The summed E-state index contributed by atoms with van der Waals surface area (Å²) in [4.78, 5) is 31.7. The molecule has 0 aliphatic carbocycles. The maximum Gasteiger partial charge on any atom is 0.274 e. The van der Waals surface area contributed by atoms with E-state index < -0.39 is 5.54 Å². The topological polar surface area (TPSA) is 82.5 Å². The SMILES string of the molecule is CC(C)c1c(C(=O)NC2(c3ccc(F)cc3)CN(C)C2)nn2cc(-c3cccc(Cl)c3)[nH]c(=O)c12. The summed E-state index contributed by atoms with van der Waals surface area (Å²) in [5.41, 5.74) is 2.19. The minimum absolute atomic E-state index is 0.128. The van der Waals surface area contributed by atoms with Crippen LogP contribution in [0.4, 0.5) is 4.39 Å². The molecule has 7 nitrogen and oxygen atoms in total. The number of H-pyrrole nitrogens is 1. The molecule has 3 heterocycles. The number of likely N-dealkylation sites (tertiary alicyclic amines) is 1. The number of halogens is 2. The maximum absolute atomic E-state index is 13.6. The normalized spacial score (nSPS) is 15.4. The van der Waals surface area contributed by atoms with Crippen molar-refractivity contribution in [3.63, 3.8) is 0 Å². The number of aromatic nitrogens is 3. The Bertz CT molecular complexity index is 1490. The Balaban J connectivity index is 1.58. The molecule has 9 heteroatoms. The minimum atomic E-state index is -0.665. The van der Waals surface area contributed by atoms with Gasteiger partial charge < -0.3 is 15.2 Å². The van der Waals surface area contributed by atoms with E-state index in [9.17, 15) is 14.0 Å². The number of hydrogen-bond donors (Lipinski definition) is 2. The van der Waals surface area contributed by atoms with Gasteiger partial charge in [-0.2, -0.15) is 5.10 Å². The van der Waals surface area contributed by atoms with Gasteiger partial charge in [-0.15, -0.1) is 0 Å². The van der Waals surface area contributed by atoms with Gasteiger partial charge in [-0.05, 0) is 42.8 Å². The van der Waals surface area contributed by atoms with E-state index in [4.69, 9.17) is 11.6 Å². The number of benzene rings is 2. The summed E-state index contributed by atoms with van der Waals surface area (Å²) in [7, 11) is 1.95. The zero-order valence-corrected chi connectivity index (χ0v) is 20.4. The zero-order valence-electron chi connectivity index (χ0n) is 19.6. The number of carbonyl (C=O) groups is 1. The molecule has 5 rings (SSSR count). The molecule has 2 N–H and O–H groups in total. The van der Waals surface area contributed by atoms with Crippen LogP contribution in [-0.2, 0) is 5.54 Å². The number of carbonyl (C=O) groups excluding carboxylic acids is 1. The number of likely N-dealkylation sites (N-methyl/N-ethyl adjacent to an activating group) is 1. The Morgan fingerprint density at radius 2 is 1.91 bits per heavy atom. The van der Waals surface area contributed by atoms with E-state index >= 15 is 0 Å². The maximum atomic E-state index is 13.6. The number of nitrogens with zero attached hydrogens (tertiary/aromatic N) is 3.